The Morgan fingerprint density at radius 3 is 2.88 bits per heavy atom. The van der Waals surface area contributed by atoms with Crippen molar-refractivity contribution in [1.82, 2.24) is 19.9 Å². The highest BCUT2D eigenvalue weighted by Gasteiger charge is 2.16. The second-order valence-corrected chi connectivity index (χ2v) is 6.03. The van der Waals surface area contributed by atoms with Crippen LogP contribution in [-0.4, -0.2) is 27.6 Å². The van der Waals surface area contributed by atoms with Crippen LogP contribution in [0.2, 0.25) is 0 Å². The summed E-state index contributed by atoms with van der Waals surface area (Å²) in [4.78, 5) is 32.8. The molecule has 0 aliphatic heterocycles. The number of hydrogen-bond acceptors (Lipinski definition) is 6. The number of nitrogens with zero attached hydrogens (tertiary/aromatic N) is 3. The SMILES string of the molecule is COc1cc(=O)n(C)cc1C(=O)NCc1nccnc1-c1ccsc1. The number of pyridine rings is 1. The van der Waals surface area contributed by atoms with Crippen molar-refractivity contribution in [3.63, 3.8) is 0 Å². The third-order valence-corrected chi connectivity index (χ3v) is 4.32. The molecule has 1 amide bonds. The van der Waals surface area contributed by atoms with Crippen LogP contribution in [0.25, 0.3) is 11.3 Å². The van der Waals surface area contributed by atoms with Gasteiger partial charge in [0.05, 0.1) is 30.6 Å². The van der Waals surface area contributed by atoms with Crippen molar-refractivity contribution in [2.75, 3.05) is 7.11 Å². The topological polar surface area (TPSA) is 86.1 Å². The van der Waals surface area contributed by atoms with Gasteiger partial charge in [0, 0.05) is 42.6 Å². The molecular formula is C17H16N4O3S. The van der Waals surface area contributed by atoms with Crippen LogP contribution in [0.1, 0.15) is 16.1 Å². The zero-order valence-electron chi connectivity index (χ0n) is 13.7. The lowest BCUT2D eigenvalue weighted by Gasteiger charge is -2.11. The summed E-state index contributed by atoms with van der Waals surface area (Å²) in [5, 5.41) is 6.74. The lowest BCUT2D eigenvalue weighted by atomic mass is 10.2. The second kappa shape index (κ2) is 7.27. The van der Waals surface area contributed by atoms with Crippen LogP contribution in [-0.2, 0) is 13.6 Å². The highest BCUT2D eigenvalue weighted by atomic mass is 32.1. The van der Waals surface area contributed by atoms with Gasteiger partial charge in [-0.25, -0.2) is 0 Å². The van der Waals surface area contributed by atoms with Gasteiger partial charge in [-0.05, 0) is 11.4 Å². The molecule has 0 unspecified atom stereocenters. The highest BCUT2D eigenvalue weighted by molar-refractivity contribution is 7.08. The molecule has 1 N–H and O–H groups in total. The van der Waals surface area contributed by atoms with Crippen LogP contribution in [0.5, 0.6) is 5.75 Å². The Hall–Kier alpha value is -3.00. The summed E-state index contributed by atoms with van der Waals surface area (Å²) in [5.74, 6) is -0.118. The van der Waals surface area contributed by atoms with E-state index in [1.807, 2.05) is 16.8 Å². The van der Waals surface area contributed by atoms with Gasteiger partial charge >= 0.3 is 0 Å². The van der Waals surface area contributed by atoms with Crippen molar-refractivity contribution in [3.8, 4) is 17.0 Å². The van der Waals surface area contributed by atoms with Crippen molar-refractivity contribution in [3.05, 3.63) is 63.1 Å². The maximum Gasteiger partial charge on any atom is 0.256 e. The molecule has 3 aromatic rings. The molecule has 0 fully saturated rings. The maximum absolute atomic E-state index is 12.5. The fourth-order valence-corrected chi connectivity index (χ4v) is 2.99. The fraction of sp³-hybridized carbons (Fsp3) is 0.176. The number of thiophene rings is 1. The minimum Gasteiger partial charge on any atom is -0.496 e. The number of hydrogen-bond donors (Lipinski definition) is 1. The number of aryl methyl sites for hydroxylation is 1. The number of ether oxygens (including phenoxy) is 1. The quantitative estimate of drug-likeness (QED) is 0.754. The van der Waals surface area contributed by atoms with Crippen LogP contribution in [0.3, 0.4) is 0 Å². The van der Waals surface area contributed by atoms with Gasteiger partial charge in [-0.15, -0.1) is 0 Å². The zero-order valence-corrected chi connectivity index (χ0v) is 14.5. The van der Waals surface area contributed by atoms with Crippen LogP contribution in [0, 0.1) is 0 Å². The molecule has 0 aliphatic rings. The molecule has 0 aromatic carbocycles. The van der Waals surface area contributed by atoms with E-state index in [1.54, 1.807) is 30.8 Å². The molecule has 3 aromatic heterocycles. The number of nitrogens with one attached hydrogen (secondary N) is 1. The summed E-state index contributed by atoms with van der Waals surface area (Å²) >= 11 is 1.57. The van der Waals surface area contributed by atoms with Crippen molar-refractivity contribution in [1.29, 1.82) is 0 Å². The molecule has 25 heavy (non-hydrogen) atoms. The van der Waals surface area contributed by atoms with Gasteiger partial charge in [-0.2, -0.15) is 11.3 Å². The number of rotatable bonds is 5. The van der Waals surface area contributed by atoms with Crippen LogP contribution < -0.4 is 15.6 Å². The largest absolute Gasteiger partial charge is 0.496 e. The van der Waals surface area contributed by atoms with Crippen LogP contribution >= 0.6 is 11.3 Å². The van der Waals surface area contributed by atoms with Crippen molar-refractivity contribution in [2.45, 2.75) is 6.54 Å². The van der Waals surface area contributed by atoms with E-state index in [9.17, 15) is 9.59 Å². The summed E-state index contributed by atoms with van der Waals surface area (Å²) in [7, 11) is 3.00. The molecule has 0 saturated carbocycles. The first-order chi connectivity index (χ1) is 12.1. The molecule has 0 spiro atoms. The third kappa shape index (κ3) is 3.58. The van der Waals surface area contributed by atoms with Crippen molar-refractivity contribution >= 4 is 17.2 Å². The first-order valence-corrected chi connectivity index (χ1v) is 8.39. The number of methoxy groups -OCH3 is 1. The standard InChI is InChI=1S/C17H16N4O3S/c1-21-9-12(14(24-2)7-15(21)22)17(23)20-8-13-16(19-5-4-18-13)11-3-6-25-10-11/h3-7,9-10H,8H2,1-2H3,(H,20,23). The van der Waals surface area contributed by atoms with Gasteiger partial charge in [0.25, 0.3) is 11.5 Å². The van der Waals surface area contributed by atoms with E-state index in [4.69, 9.17) is 4.74 Å². The second-order valence-electron chi connectivity index (χ2n) is 5.25. The minimum atomic E-state index is -0.352. The smallest absolute Gasteiger partial charge is 0.256 e. The molecule has 0 saturated heterocycles. The molecule has 8 heteroatoms. The highest BCUT2D eigenvalue weighted by Crippen LogP contribution is 2.22. The van der Waals surface area contributed by atoms with Crippen molar-refractivity contribution < 1.29 is 9.53 Å². The lowest BCUT2D eigenvalue weighted by Crippen LogP contribution is -2.27. The van der Waals surface area contributed by atoms with Gasteiger partial charge in [-0.3, -0.25) is 19.6 Å². The van der Waals surface area contributed by atoms with E-state index in [0.29, 0.717) is 5.69 Å². The monoisotopic (exact) mass is 356 g/mol. The summed E-state index contributed by atoms with van der Waals surface area (Å²) in [6, 6.07) is 3.24. The molecule has 3 rings (SSSR count). The van der Waals surface area contributed by atoms with Gasteiger partial charge in [-0.1, -0.05) is 0 Å². The first kappa shape index (κ1) is 16.8. The Morgan fingerprint density at radius 2 is 2.16 bits per heavy atom. The predicted molar refractivity (Wildman–Crippen MR) is 94.8 cm³/mol. The Kier molecular flexibility index (Phi) is 4.90. The van der Waals surface area contributed by atoms with Gasteiger partial charge < -0.3 is 14.6 Å². The molecule has 0 atom stereocenters. The number of carbonyl (C=O) groups is 1. The van der Waals surface area contributed by atoms with Gasteiger partial charge in [0.1, 0.15) is 5.75 Å². The average molecular weight is 356 g/mol. The molecule has 0 bridgehead atoms. The van der Waals surface area contributed by atoms with E-state index in [1.165, 1.54) is 23.9 Å². The van der Waals surface area contributed by atoms with E-state index < -0.39 is 0 Å². The molecule has 0 aliphatic carbocycles. The first-order valence-electron chi connectivity index (χ1n) is 7.45. The molecule has 128 valence electrons. The average Bonchev–Trinajstić information content (AvgIpc) is 3.16. The Bertz CT molecular complexity index is 951. The van der Waals surface area contributed by atoms with Gasteiger partial charge in [0.2, 0.25) is 0 Å². The molecular weight excluding hydrogens is 340 g/mol. The zero-order chi connectivity index (χ0) is 17.8. The summed E-state index contributed by atoms with van der Waals surface area (Å²) in [6.07, 6.45) is 4.66. The van der Waals surface area contributed by atoms with Crippen molar-refractivity contribution in [2.24, 2.45) is 7.05 Å². The molecule has 0 radical (unpaired) electrons. The Labute approximate surface area is 148 Å². The molecule has 3 heterocycles. The third-order valence-electron chi connectivity index (χ3n) is 3.64. The Balaban J connectivity index is 1.83. The summed E-state index contributed by atoms with van der Waals surface area (Å²) in [5.41, 5.74) is 2.39. The fourth-order valence-electron chi connectivity index (χ4n) is 2.35. The summed E-state index contributed by atoms with van der Waals surface area (Å²) < 4.78 is 6.47. The van der Waals surface area contributed by atoms with E-state index in [-0.39, 0.29) is 29.3 Å². The van der Waals surface area contributed by atoms with Crippen LogP contribution in [0.4, 0.5) is 0 Å². The normalized spacial score (nSPS) is 10.5. The van der Waals surface area contributed by atoms with E-state index in [2.05, 4.69) is 15.3 Å². The minimum absolute atomic E-state index is 0.212. The van der Waals surface area contributed by atoms with Gasteiger partial charge in [0.15, 0.2) is 0 Å². The Morgan fingerprint density at radius 1 is 1.36 bits per heavy atom. The van der Waals surface area contributed by atoms with E-state index >= 15 is 0 Å². The van der Waals surface area contributed by atoms with E-state index in [0.717, 1.165) is 11.3 Å². The predicted octanol–water partition coefficient (Wildman–Crippen LogP) is 1.84. The molecule has 7 nitrogen and oxygen atoms in total. The number of carbonyl (C=O) groups excluding carboxylic acids is 1. The maximum atomic E-state index is 12.5. The lowest BCUT2D eigenvalue weighted by molar-refractivity contribution is 0.0946. The summed E-state index contributed by atoms with van der Waals surface area (Å²) in [6.45, 7) is 0.212. The number of amides is 1. The van der Waals surface area contributed by atoms with Crippen LogP contribution in [0.15, 0.2) is 46.3 Å². The number of aromatic nitrogens is 3.